The van der Waals surface area contributed by atoms with Gasteiger partial charge in [0, 0.05) is 18.3 Å². The molecule has 1 amide bonds. The molecule has 3 nitrogen and oxygen atoms in total. The first-order chi connectivity index (χ1) is 9.08. The number of thiophene rings is 1. The molecule has 0 aliphatic rings. The van der Waals surface area contributed by atoms with Crippen LogP contribution in [0.3, 0.4) is 0 Å². The van der Waals surface area contributed by atoms with Crippen molar-refractivity contribution in [2.24, 2.45) is 0 Å². The zero-order chi connectivity index (χ0) is 13.8. The second-order valence-electron chi connectivity index (χ2n) is 3.99. The fourth-order valence-electron chi connectivity index (χ4n) is 1.61. The van der Waals surface area contributed by atoms with Gasteiger partial charge in [-0.3, -0.25) is 4.79 Å². The number of amides is 1. The molecule has 0 unspecified atom stereocenters. The molecule has 1 heterocycles. The maximum absolute atomic E-state index is 13.1. The number of carbonyl (C=O) groups is 1. The number of hydrogen-bond acceptors (Lipinski definition) is 3. The minimum atomic E-state index is -1.09. The van der Waals surface area contributed by atoms with Crippen molar-refractivity contribution < 1.29 is 13.6 Å². The van der Waals surface area contributed by atoms with E-state index >= 15 is 0 Å². The van der Waals surface area contributed by atoms with Crippen molar-refractivity contribution in [1.29, 1.82) is 0 Å². The fraction of sp³-hybridized carbons (Fsp3) is 0.154. The van der Waals surface area contributed by atoms with Crippen LogP contribution in [0.25, 0.3) is 0 Å². The Morgan fingerprint density at radius 1 is 1.32 bits per heavy atom. The highest BCUT2D eigenvalue weighted by molar-refractivity contribution is 7.07. The quantitative estimate of drug-likeness (QED) is 0.847. The van der Waals surface area contributed by atoms with E-state index in [2.05, 4.69) is 5.32 Å². The Labute approximate surface area is 113 Å². The molecule has 3 N–H and O–H groups in total. The highest BCUT2D eigenvalue weighted by atomic mass is 32.1. The zero-order valence-electron chi connectivity index (χ0n) is 9.95. The summed E-state index contributed by atoms with van der Waals surface area (Å²) in [6, 6.07) is 3.58. The third-order valence-electron chi connectivity index (χ3n) is 2.62. The van der Waals surface area contributed by atoms with Gasteiger partial charge in [-0.2, -0.15) is 11.3 Å². The van der Waals surface area contributed by atoms with Crippen LogP contribution in [0.1, 0.15) is 15.9 Å². The zero-order valence-corrected chi connectivity index (χ0v) is 10.8. The van der Waals surface area contributed by atoms with Gasteiger partial charge in [0.1, 0.15) is 0 Å². The molecular formula is C13H12F2N2OS. The standard InChI is InChI=1S/C13H12F2N2OS/c14-10-5-9(12(16)6-11(10)15)13(18)17-3-1-8-2-4-19-7-8/h2,4-7H,1,3,16H2,(H,17,18). The lowest BCUT2D eigenvalue weighted by molar-refractivity contribution is 0.0954. The van der Waals surface area contributed by atoms with Crippen molar-refractivity contribution in [2.45, 2.75) is 6.42 Å². The van der Waals surface area contributed by atoms with Gasteiger partial charge in [0.05, 0.1) is 5.56 Å². The summed E-state index contributed by atoms with van der Waals surface area (Å²) in [6.45, 7) is 0.411. The van der Waals surface area contributed by atoms with Crippen LogP contribution in [0.4, 0.5) is 14.5 Å². The number of anilines is 1. The first-order valence-electron chi connectivity index (χ1n) is 5.61. The maximum atomic E-state index is 13.1. The van der Waals surface area contributed by atoms with Crippen molar-refractivity contribution in [2.75, 3.05) is 12.3 Å². The molecule has 0 spiro atoms. The number of nitrogens with one attached hydrogen (secondary N) is 1. The van der Waals surface area contributed by atoms with Crippen LogP contribution >= 0.6 is 11.3 Å². The lowest BCUT2D eigenvalue weighted by Crippen LogP contribution is -2.26. The highest BCUT2D eigenvalue weighted by Gasteiger charge is 2.13. The molecule has 6 heteroatoms. The Balaban J connectivity index is 1.98. The summed E-state index contributed by atoms with van der Waals surface area (Å²) in [5.74, 6) is -2.66. The van der Waals surface area contributed by atoms with Crippen LogP contribution in [0.2, 0.25) is 0 Å². The SMILES string of the molecule is Nc1cc(F)c(F)cc1C(=O)NCCc1ccsc1. The molecule has 0 saturated carbocycles. The first-order valence-corrected chi connectivity index (χ1v) is 6.56. The minimum absolute atomic E-state index is 0.0516. The van der Waals surface area contributed by atoms with E-state index in [9.17, 15) is 13.6 Å². The van der Waals surface area contributed by atoms with Gasteiger partial charge in [0.2, 0.25) is 0 Å². The Hall–Kier alpha value is -1.95. The number of rotatable bonds is 4. The van der Waals surface area contributed by atoms with E-state index in [0.29, 0.717) is 13.0 Å². The van der Waals surface area contributed by atoms with E-state index in [0.717, 1.165) is 17.7 Å². The molecule has 1 aromatic heterocycles. The Morgan fingerprint density at radius 2 is 2.05 bits per heavy atom. The lowest BCUT2D eigenvalue weighted by atomic mass is 10.1. The topological polar surface area (TPSA) is 55.1 Å². The summed E-state index contributed by atoms with van der Waals surface area (Å²) in [6.07, 6.45) is 0.679. The van der Waals surface area contributed by atoms with Crippen molar-refractivity contribution in [3.63, 3.8) is 0 Å². The third-order valence-corrected chi connectivity index (χ3v) is 3.35. The van der Waals surface area contributed by atoms with Crippen LogP contribution < -0.4 is 11.1 Å². The van der Waals surface area contributed by atoms with Crippen LogP contribution in [0.5, 0.6) is 0 Å². The molecule has 0 atom stereocenters. The van der Waals surface area contributed by atoms with Gasteiger partial charge in [0.15, 0.2) is 11.6 Å². The predicted octanol–water partition coefficient (Wildman–Crippen LogP) is 2.58. The number of benzene rings is 1. The van der Waals surface area contributed by atoms with Crippen LogP contribution in [-0.2, 0) is 6.42 Å². The van der Waals surface area contributed by atoms with Gasteiger partial charge < -0.3 is 11.1 Å². The van der Waals surface area contributed by atoms with Gasteiger partial charge in [-0.1, -0.05) is 0 Å². The summed E-state index contributed by atoms with van der Waals surface area (Å²) in [5, 5.41) is 6.55. The normalized spacial score (nSPS) is 10.4. The van der Waals surface area contributed by atoms with Crippen molar-refractivity contribution in [3.05, 3.63) is 51.7 Å². The smallest absolute Gasteiger partial charge is 0.253 e. The number of carbonyl (C=O) groups excluding carboxylic acids is 1. The average Bonchev–Trinajstić information content (AvgIpc) is 2.86. The summed E-state index contributed by atoms with van der Waals surface area (Å²) < 4.78 is 25.9. The largest absolute Gasteiger partial charge is 0.398 e. The number of halogens is 2. The maximum Gasteiger partial charge on any atom is 0.253 e. The monoisotopic (exact) mass is 282 g/mol. The molecule has 0 saturated heterocycles. The molecule has 1 aromatic carbocycles. The van der Waals surface area contributed by atoms with E-state index < -0.39 is 17.5 Å². The van der Waals surface area contributed by atoms with Crippen molar-refractivity contribution in [1.82, 2.24) is 5.32 Å². The Morgan fingerprint density at radius 3 is 2.74 bits per heavy atom. The molecule has 0 radical (unpaired) electrons. The van der Waals surface area contributed by atoms with E-state index in [1.165, 1.54) is 0 Å². The minimum Gasteiger partial charge on any atom is -0.398 e. The second-order valence-corrected chi connectivity index (χ2v) is 4.77. The molecule has 2 aromatic rings. The fourth-order valence-corrected chi connectivity index (χ4v) is 2.31. The molecule has 0 fully saturated rings. The molecule has 0 bridgehead atoms. The Bertz CT molecular complexity index is 585. The number of nitrogen functional groups attached to an aromatic ring is 1. The second kappa shape index (κ2) is 5.79. The van der Waals surface area contributed by atoms with Gasteiger partial charge in [0.25, 0.3) is 5.91 Å². The van der Waals surface area contributed by atoms with Gasteiger partial charge in [-0.15, -0.1) is 0 Å². The average molecular weight is 282 g/mol. The summed E-state index contributed by atoms with van der Waals surface area (Å²) >= 11 is 1.58. The van der Waals surface area contributed by atoms with Gasteiger partial charge >= 0.3 is 0 Å². The Kier molecular flexibility index (Phi) is 4.11. The van der Waals surface area contributed by atoms with Crippen LogP contribution in [0.15, 0.2) is 29.0 Å². The van der Waals surface area contributed by atoms with Gasteiger partial charge in [-0.25, -0.2) is 8.78 Å². The van der Waals surface area contributed by atoms with E-state index in [1.807, 2.05) is 16.8 Å². The van der Waals surface area contributed by atoms with E-state index in [4.69, 9.17) is 5.73 Å². The molecule has 100 valence electrons. The molecule has 0 aliphatic heterocycles. The molecule has 19 heavy (non-hydrogen) atoms. The van der Waals surface area contributed by atoms with Crippen LogP contribution in [-0.4, -0.2) is 12.5 Å². The lowest BCUT2D eigenvalue weighted by Gasteiger charge is -2.07. The van der Waals surface area contributed by atoms with Crippen LogP contribution in [0, 0.1) is 11.6 Å². The summed E-state index contributed by atoms with van der Waals surface area (Å²) in [5.41, 5.74) is 6.48. The molecule has 0 aliphatic carbocycles. The first kappa shape index (κ1) is 13.5. The molecular weight excluding hydrogens is 270 g/mol. The van der Waals surface area contributed by atoms with Crippen molar-refractivity contribution in [3.8, 4) is 0 Å². The van der Waals surface area contributed by atoms with E-state index in [-0.39, 0.29) is 11.3 Å². The summed E-state index contributed by atoms with van der Waals surface area (Å²) in [4.78, 5) is 11.8. The van der Waals surface area contributed by atoms with E-state index in [1.54, 1.807) is 11.3 Å². The third kappa shape index (κ3) is 3.29. The van der Waals surface area contributed by atoms with Gasteiger partial charge in [-0.05, 0) is 34.9 Å². The highest BCUT2D eigenvalue weighted by Crippen LogP contribution is 2.16. The molecule has 2 rings (SSSR count). The number of nitrogens with two attached hydrogens (primary N) is 1. The number of hydrogen-bond donors (Lipinski definition) is 2. The predicted molar refractivity (Wildman–Crippen MR) is 71.1 cm³/mol. The summed E-state index contributed by atoms with van der Waals surface area (Å²) in [7, 11) is 0. The van der Waals surface area contributed by atoms with Crippen molar-refractivity contribution >= 4 is 22.9 Å².